The van der Waals surface area contributed by atoms with Gasteiger partial charge in [0.25, 0.3) is 0 Å². The lowest BCUT2D eigenvalue weighted by Gasteiger charge is -2.37. The second kappa shape index (κ2) is 43.8. The van der Waals surface area contributed by atoms with Crippen molar-refractivity contribution in [2.45, 2.75) is 118 Å². The molecule has 18 nitrogen and oxygen atoms in total. The molecule has 0 spiro atoms. The fourth-order valence-corrected chi connectivity index (χ4v) is 18.1. The monoisotopic (exact) mass is 1850 g/mol. The fraction of sp³-hybridized carbons (Fsp3) is 0.183. The summed E-state index contributed by atoms with van der Waals surface area (Å²) in [5.41, 5.74) is 19.4. The van der Waals surface area contributed by atoms with Crippen LogP contribution in [0.5, 0.6) is 0 Å². The Morgan fingerprint density at radius 3 is 0.518 bits per heavy atom. The Hall–Kier alpha value is -16.6. The van der Waals surface area contributed by atoms with Gasteiger partial charge in [-0.15, -0.1) is 0 Å². The van der Waals surface area contributed by atoms with Gasteiger partial charge in [-0.2, -0.15) is 5.26 Å². The number of alkyl halides is 1. The third-order valence-electron chi connectivity index (χ3n) is 24.6. The van der Waals surface area contributed by atoms with E-state index in [0.29, 0.717) is 35.0 Å². The summed E-state index contributed by atoms with van der Waals surface area (Å²) in [5.74, 6) is -2.35. The first kappa shape index (κ1) is 103. The van der Waals surface area contributed by atoms with Crippen molar-refractivity contribution in [3.05, 3.63) is 430 Å². The molecule has 0 saturated carbocycles. The van der Waals surface area contributed by atoms with E-state index < -0.39 is 32.9 Å². The normalized spacial score (nSPS) is 16.4. The van der Waals surface area contributed by atoms with Gasteiger partial charge in [0.05, 0.1) is 27.5 Å². The van der Waals surface area contributed by atoms with Crippen LogP contribution in [0.1, 0.15) is 146 Å². The topological polar surface area (TPSA) is 251 Å². The number of rotatable bonds is 10. The van der Waals surface area contributed by atoms with Crippen molar-refractivity contribution in [2.75, 3.05) is 28.4 Å². The molecule has 139 heavy (non-hydrogen) atoms. The SMILES string of the molecule is C=C(C)C(=O)OC1(C)c2ccccc2-c2cccc3cccc1c23.C=C(C)C(=O)OC1(C)c2ccccc2-c2cccc3cccc1c23.C=C(C)C(=O)OC1(C)c2ccccc2-c2cccc3cccc1c23.C=C(C)C(=O)OC1(C)c2ccccc2-c2cccc3cccc1c23.C=C(C)C(=O)OC1(C)c2ccccc2-c2cccc3cccc1c23.CC#N.CF.COC(C)=O.COC(C)=O.C[N+](=O)[O-]. The van der Waals surface area contributed by atoms with E-state index >= 15 is 0 Å². The molecular weight excluding hydrogens is 1740 g/mol. The molecule has 19 heteroatoms. The first-order valence-electron chi connectivity index (χ1n) is 44.7. The Bertz CT molecular complexity index is 6460. The second-order valence-electron chi connectivity index (χ2n) is 34.3. The van der Waals surface area contributed by atoms with E-state index in [4.69, 9.17) is 39.1 Å². The molecule has 0 fully saturated rings. The molecule has 5 aliphatic rings. The summed E-state index contributed by atoms with van der Waals surface area (Å²) in [5, 5.41) is 27.6. The molecule has 0 radical (unpaired) electrons. The highest BCUT2D eigenvalue weighted by molar-refractivity contribution is 6.09. The van der Waals surface area contributed by atoms with Crippen molar-refractivity contribution in [2.24, 2.45) is 0 Å². The van der Waals surface area contributed by atoms with Crippen LogP contribution in [-0.2, 0) is 94.7 Å². The summed E-state index contributed by atoms with van der Waals surface area (Å²) in [7, 11) is 4.09. The van der Waals surface area contributed by atoms with Crippen molar-refractivity contribution >= 4 is 95.6 Å². The first-order valence-corrected chi connectivity index (χ1v) is 44.7. The van der Waals surface area contributed by atoms with E-state index in [-0.39, 0.29) is 41.8 Å². The number of methoxy groups -OCH3 is 2. The van der Waals surface area contributed by atoms with Gasteiger partial charge in [0.15, 0.2) is 35.1 Å². The lowest BCUT2D eigenvalue weighted by atomic mass is 9.74. The first-order chi connectivity index (χ1) is 66.3. The Kier molecular flexibility index (Phi) is 32.4. The average Bonchev–Trinajstić information content (AvgIpc) is 0.737. The second-order valence-corrected chi connectivity index (χ2v) is 34.3. The minimum atomic E-state index is -0.833. The third kappa shape index (κ3) is 21.0. The number of carbonyl (C=O) groups is 7. The standard InChI is InChI=1S/5C22H18O2.2C3H6O2.C2H3N.CH3F.CH3NO2/c5*1-14(2)21(23)24-22(3)18-12-5-4-10-16(18)17-11-6-8-15-9-7-13-19(22)20(15)17;2*1-3(4)5-2;1-2-3;1-2;1-2(3)4/h5*4-13H,1H2,2-3H3;2*1-2H3;1H3;1H3;1H3. The zero-order valence-corrected chi connectivity index (χ0v) is 81.2. The maximum Gasteiger partial charge on any atom is 0.334 e. The van der Waals surface area contributed by atoms with E-state index in [1.165, 1.54) is 62.8 Å². The van der Waals surface area contributed by atoms with Crippen LogP contribution < -0.4 is 0 Å². The number of ether oxygens (including phenoxy) is 7. The predicted molar refractivity (Wildman–Crippen MR) is 550 cm³/mol. The van der Waals surface area contributed by atoms with Gasteiger partial charge in [0.1, 0.15) is 0 Å². The van der Waals surface area contributed by atoms with Crippen LogP contribution in [0, 0.1) is 21.4 Å². The number of nitro groups is 1. The molecule has 5 unspecified atom stereocenters. The Morgan fingerprint density at radius 2 is 0.388 bits per heavy atom. The molecule has 0 heterocycles. The summed E-state index contributed by atoms with van der Waals surface area (Å²) in [6.45, 7) is 41.0. The Balaban J connectivity index is 0.000000159. The number of nitriles is 1. The van der Waals surface area contributed by atoms with Crippen LogP contribution in [-0.4, -0.2) is 75.2 Å². The summed E-state index contributed by atoms with van der Waals surface area (Å²) >= 11 is 0. The van der Waals surface area contributed by atoms with Gasteiger partial charge in [-0.05, 0) is 179 Å². The molecule has 20 rings (SSSR count). The Labute approximate surface area is 810 Å². The van der Waals surface area contributed by atoms with E-state index in [9.17, 15) is 38.0 Å². The number of esters is 7. The van der Waals surface area contributed by atoms with Crippen molar-refractivity contribution in [3.63, 3.8) is 0 Å². The molecule has 15 aromatic carbocycles. The fourth-order valence-electron chi connectivity index (χ4n) is 18.1. The maximum atomic E-state index is 12.3. The van der Waals surface area contributed by atoms with Crippen LogP contribution in [0.15, 0.2) is 364 Å². The van der Waals surface area contributed by atoms with Gasteiger partial charge < -0.3 is 33.2 Å². The zero-order chi connectivity index (χ0) is 101. The quantitative estimate of drug-likeness (QED) is 0.0405. The molecule has 0 aliphatic heterocycles. The number of carbonyl (C=O) groups excluding carboxylic acids is 7. The molecule has 0 saturated heterocycles. The van der Waals surface area contributed by atoms with E-state index in [1.54, 1.807) is 40.7 Å². The molecule has 704 valence electrons. The zero-order valence-electron chi connectivity index (χ0n) is 81.2. The van der Waals surface area contributed by atoms with Gasteiger partial charge in [-0.25, -0.2) is 24.0 Å². The number of halogens is 1. The third-order valence-corrected chi connectivity index (χ3v) is 24.6. The molecule has 0 amide bonds. The van der Waals surface area contributed by atoms with Crippen molar-refractivity contribution < 1.29 is 76.0 Å². The van der Waals surface area contributed by atoms with E-state index in [2.05, 4.69) is 194 Å². The minimum absolute atomic E-state index is 0.245. The Morgan fingerprint density at radius 1 is 0.273 bits per heavy atom. The van der Waals surface area contributed by atoms with Crippen LogP contribution in [0.3, 0.4) is 0 Å². The lowest BCUT2D eigenvalue weighted by molar-refractivity contribution is -0.445. The number of fused-ring (bicyclic) bond motifs is 10. The number of hydrogen-bond donors (Lipinski definition) is 0. The summed E-state index contributed by atoms with van der Waals surface area (Å²) in [6.07, 6.45) is 0. The molecule has 0 aromatic heterocycles. The van der Waals surface area contributed by atoms with Crippen LogP contribution in [0.4, 0.5) is 4.39 Å². The maximum absolute atomic E-state index is 12.3. The summed E-state index contributed by atoms with van der Waals surface area (Å²) in [6, 6.07) is 105. The highest BCUT2D eigenvalue weighted by atomic mass is 19.1. The van der Waals surface area contributed by atoms with E-state index in [0.717, 1.165) is 144 Å². The van der Waals surface area contributed by atoms with Gasteiger partial charge in [0.2, 0.25) is 0 Å². The van der Waals surface area contributed by atoms with E-state index in [1.807, 2.05) is 186 Å². The van der Waals surface area contributed by atoms with Gasteiger partial charge in [-0.1, -0.05) is 336 Å². The smallest absolute Gasteiger partial charge is 0.334 e. The number of nitrogens with zero attached hydrogens (tertiary/aromatic N) is 2. The summed E-state index contributed by atoms with van der Waals surface area (Å²) < 4.78 is 47.6. The van der Waals surface area contributed by atoms with Crippen LogP contribution >= 0.6 is 0 Å². The number of benzene rings is 15. The lowest BCUT2D eigenvalue weighted by Crippen LogP contribution is -2.33. The molecular formula is C120H111FN2O16. The van der Waals surface area contributed by atoms with Gasteiger partial charge in [-0.3, -0.25) is 24.1 Å². The van der Waals surface area contributed by atoms with Crippen molar-refractivity contribution in [1.29, 1.82) is 5.26 Å². The predicted octanol–water partition coefficient (Wildman–Crippen LogP) is 27.4. The van der Waals surface area contributed by atoms with Crippen molar-refractivity contribution in [3.8, 4) is 61.7 Å². The average molecular weight is 1860 g/mol. The highest BCUT2D eigenvalue weighted by Crippen LogP contribution is 2.56. The molecule has 0 bridgehead atoms. The minimum Gasteiger partial charge on any atom is -0.469 e. The highest BCUT2D eigenvalue weighted by Gasteiger charge is 2.46. The van der Waals surface area contributed by atoms with Crippen LogP contribution in [0.25, 0.3) is 109 Å². The summed E-state index contributed by atoms with van der Waals surface area (Å²) in [4.78, 5) is 89.2. The van der Waals surface area contributed by atoms with Gasteiger partial charge in [0, 0.05) is 109 Å². The van der Waals surface area contributed by atoms with Crippen molar-refractivity contribution in [1.82, 2.24) is 0 Å². The molecule has 15 aromatic rings. The number of hydrogen-bond acceptors (Lipinski definition) is 17. The van der Waals surface area contributed by atoms with Crippen LogP contribution in [0.2, 0.25) is 0 Å². The molecule has 0 N–H and O–H groups in total. The molecule has 5 atom stereocenters. The largest absolute Gasteiger partial charge is 0.469 e. The molecule has 5 aliphatic carbocycles. The van der Waals surface area contributed by atoms with Gasteiger partial charge >= 0.3 is 41.8 Å².